The molecule has 0 spiro atoms. The molecule has 9 nitrogen and oxygen atoms in total. The molecule has 30 heavy (non-hydrogen) atoms. The maximum absolute atomic E-state index is 11.7. The summed E-state index contributed by atoms with van der Waals surface area (Å²) in [6, 6.07) is 14.2. The lowest BCUT2D eigenvalue weighted by Crippen LogP contribution is -2.08. The summed E-state index contributed by atoms with van der Waals surface area (Å²) in [7, 11) is 0. The van der Waals surface area contributed by atoms with Gasteiger partial charge in [0, 0.05) is 12.2 Å². The summed E-state index contributed by atoms with van der Waals surface area (Å²) in [6.45, 7) is 4.38. The van der Waals surface area contributed by atoms with Crippen LogP contribution in [0.1, 0.15) is 28.4 Å². The molecule has 0 aliphatic heterocycles. The molecule has 2 N–H and O–H groups in total. The standard InChI is InChI=1S/C21H21N5O4/c1-3-30-21(27)16-8-10-17(11-9-16)25-20-18(26(28)29)19(23-13-24-20)22-12-15-6-4-14(2)5-7-15/h4-11,13H,3,12H2,1-2H3,(H2,22,23,24,25). The van der Waals surface area contributed by atoms with Crippen molar-refractivity contribution >= 4 is 29.0 Å². The van der Waals surface area contributed by atoms with Crippen LogP contribution >= 0.6 is 0 Å². The fourth-order valence-corrected chi connectivity index (χ4v) is 2.71. The maximum Gasteiger partial charge on any atom is 0.353 e. The Labute approximate surface area is 173 Å². The number of anilines is 3. The van der Waals surface area contributed by atoms with E-state index in [1.165, 1.54) is 6.33 Å². The predicted octanol–water partition coefficient (Wildman–Crippen LogP) is 4.23. The fourth-order valence-electron chi connectivity index (χ4n) is 2.71. The van der Waals surface area contributed by atoms with Crippen LogP contribution in [0.5, 0.6) is 0 Å². The van der Waals surface area contributed by atoms with E-state index in [0.29, 0.717) is 17.8 Å². The van der Waals surface area contributed by atoms with Gasteiger partial charge in [-0.25, -0.2) is 14.8 Å². The van der Waals surface area contributed by atoms with Gasteiger partial charge in [-0.15, -0.1) is 0 Å². The number of hydrogen-bond donors (Lipinski definition) is 2. The zero-order valence-electron chi connectivity index (χ0n) is 16.6. The Morgan fingerprint density at radius 3 is 2.37 bits per heavy atom. The highest BCUT2D eigenvalue weighted by Gasteiger charge is 2.23. The van der Waals surface area contributed by atoms with Gasteiger partial charge in [0.05, 0.1) is 17.1 Å². The van der Waals surface area contributed by atoms with E-state index in [1.54, 1.807) is 31.2 Å². The third kappa shape index (κ3) is 5.07. The fraction of sp³-hybridized carbons (Fsp3) is 0.190. The van der Waals surface area contributed by atoms with E-state index in [-0.39, 0.29) is 23.9 Å². The van der Waals surface area contributed by atoms with Gasteiger partial charge < -0.3 is 15.4 Å². The van der Waals surface area contributed by atoms with E-state index < -0.39 is 10.9 Å². The van der Waals surface area contributed by atoms with Crippen molar-refractivity contribution in [2.24, 2.45) is 0 Å². The normalized spacial score (nSPS) is 10.3. The van der Waals surface area contributed by atoms with Crippen LogP contribution in [0.25, 0.3) is 0 Å². The zero-order valence-corrected chi connectivity index (χ0v) is 16.6. The molecule has 154 valence electrons. The molecule has 0 amide bonds. The van der Waals surface area contributed by atoms with Crippen LogP contribution in [0.2, 0.25) is 0 Å². The number of aryl methyl sites for hydroxylation is 1. The molecule has 0 unspecified atom stereocenters. The maximum atomic E-state index is 11.7. The first kappa shape index (κ1) is 20.7. The van der Waals surface area contributed by atoms with Crippen molar-refractivity contribution in [3.63, 3.8) is 0 Å². The van der Waals surface area contributed by atoms with Crippen molar-refractivity contribution in [1.82, 2.24) is 9.97 Å². The number of aromatic nitrogens is 2. The third-order valence-corrected chi connectivity index (χ3v) is 4.24. The molecule has 0 aliphatic rings. The minimum Gasteiger partial charge on any atom is -0.462 e. The SMILES string of the molecule is CCOC(=O)c1ccc(Nc2ncnc(NCc3ccc(C)cc3)c2[N+](=O)[O-])cc1. The van der Waals surface area contributed by atoms with Crippen LogP contribution in [-0.4, -0.2) is 27.5 Å². The van der Waals surface area contributed by atoms with Gasteiger partial charge in [-0.3, -0.25) is 10.1 Å². The Balaban J connectivity index is 1.79. The highest BCUT2D eigenvalue weighted by molar-refractivity contribution is 5.90. The number of ether oxygens (including phenoxy) is 1. The van der Waals surface area contributed by atoms with E-state index in [0.717, 1.165) is 11.1 Å². The lowest BCUT2D eigenvalue weighted by Gasteiger charge is -2.11. The van der Waals surface area contributed by atoms with Crippen LogP contribution in [-0.2, 0) is 11.3 Å². The van der Waals surface area contributed by atoms with Crippen molar-refractivity contribution in [2.45, 2.75) is 20.4 Å². The number of nitrogens with one attached hydrogen (secondary N) is 2. The number of rotatable bonds is 8. The molecule has 0 fully saturated rings. The Morgan fingerprint density at radius 1 is 1.07 bits per heavy atom. The minimum absolute atomic E-state index is 0.0466. The second-order valence-electron chi connectivity index (χ2n) is 6.44. The molecule has 0 saturated heterocycles. The van der Waals surface area contributed by atoms with Gasteiger partial charge in [0.25, 0.3) is 0 Å². The molecule has 0 bridgehead atoms. The number of benzene rings is 2. The average molecular weight is 407 g/mol. The van der Waals surface area contributed by atoms with Gasteiger partial charge in [-0.1, -0.05) is 29.8 Å². The van der Waals surface area contributed by atoms with Crippen molar-refractivity contribution in [2.75, 3.05) is 17.2 Å². The molecular weight excluding hydrogens is 386 g/mol. The summed E-state index contributed by atoms with van der Waals surface area (Å²) in [5.74, 6) is -0.272. The molecular formula is C21H21N5O4. The molecule has 2 aromatic carbocycles. The Kier molecular flexibility index (Phi) is 6.53. The molecule has 3 rings (SSSR count). The number of carbonyl (C=O) groups is 1. The number of esters is 1. The molecule has 0 saturated carbocycles. The van der Waals surface area contributed by atoms with Crippen molar-refractivity contribution in [3.8, 4) is 0 Å². The lowest BCUT2D eigenvalue weighted by molar-refractivity contribution is -0.383. The molecule has 3 aromatic rings. The first-order valence-electron chi connectivity index (χ1n) is 9.31. The Morgan fingerprint density at radius 2 is 1.73 bits per heavy atom. The predicted molar refractivity (Wildman–Crippen MR) is 113 cm³/mol. The van der Waals surface area contributed by atoms with Crippen LogP contribution in [0.3, 0.4) is 0 Å². The second-order valence-corrected chi connectivity index (χ2v) is 6.44. The summed E-state index contributed by atoms with van der Waals surface area (Å²) in [4.78, 5) is 30.9. The Hall–Kier alpha value is -4.01. The van der Waals surface area contributed by atoms with Gasteiger partial charge >= 0.3 is 11.7 Å². The summed E-state index contributed by atoms with van der Waals surface area (Å²) < 4.78 is 4.94. The summed E-state index contributed by atoms with van der Waals surface area (Å²) in [5, 5.41) is 17.6. The first-order valence-corrected chi connectivity index (χ1v) is 9.31. The van der Waals surface area contributed by atoms with E-state index in [2.05, 4.69) is 20.6 Å². The number of hydrogen-bond acceptors (Lipinski definition) is 8. The summed E-state index contributed by atoms with van der Waals surface area (Å²) in [6.07, 6.45) is 1.25. The second kappa shape index (κ2) is 9.46. The quantitative estimate of drug-likeness (QED) is 0.323. The number of carbonyl (C=O) groups excluding carboxylic acids is 1. The summed E-state index contributed by atoms with van der Waals surface area (Å²) in [5.41, 5.74) is 2.76. The Bertz CT molecular complexity index is 1040. The summed E-state index contributed by atoms with van der Waals surface area (Å²) >= 11 is 0. The molecule has 1 heterocycles. The van der Waals surface area contributed by atoms with E-state index >= 15 is 0 Å². The molecule has 9 heteroatoms. The van der Waals surface area contributed by atoms with Crippen LogP contribution < -0.4 is 10.6 Å². The van der Waals surface area contributed by atoms with Gasteiger partial charge in [-0.05, 0) is 43.7 Å². The molecule has 0 atom stereocenters. The van der Waals surface area contributed by atoms with Crippen LogP contribution in [0.4, 0.5) is 23.0 Å². The number of nitrogens with zero attached hydrogens (tertiary/aromatic N) is 3. The van der Waals surface area contributed by atoms with Gasteiger partial charge in [0.1, 0.15) is 6.33 Å². The van der Waals surface area contributed by atoms with Crippen molar-refractivity contribution < 1.29 is 14.5 Å². The molecule has 0 radical (unpaired) electrons. The zero-order chi connectivity index (χ0) is 21.5. The van der Waals surface area contributed by atoms with Crippen molar-refractivity contribution in [3.05, 3.63) is 81.7 Å². The highest BCUT2D eigenvalue weighted by Crippen LogP contribution is 2.31. The highest BCUT2D eigenvalue weighted by atomic mass is 16.6. The van der Waals surface area contributed by atoms with Gasteiger partial charge in [-0.2, -0.15) is 0 Å². The third-order valence-electron chi connectivity index (χ3n) is 4.24. The largest absolute Gasteiger partial charge is 0.462 e. The smallest absolute Gasteiger partial charge is 0.353 e. The van der Waals surface area contributed by atoms with Gasteiger partial charge in [0.2, 0.25) is 11.6 Å². The van der Waals surface area contributed by atoms with E-state index in [9.17, 15) is 14.9 Å². The van der Waals surface area contributed by atoms with E-state index in [4.69, 9.17) is 4.74 Å². The van der Waals surface area contributed by atoms with Gasteiger partial charge in [0.15, 0.2) is 0 Å². The topological polar surface area (TPSA) is 119 Å². The number of nitro groups is 1. The molecule has 0 aliphatic carbocycles. The van der Waals surface area contributed by atoms with Crippen molar-refractivity contribution in [1.29, 1.82) is 0 Å². The van der Waals surface area contributed by atoms with Crippen LogP contribution in [0, 0.1) is 17.0 Å². The monoisotopic (exact) mass is 407 g/mol. The minimum atomic E-state index is -0.535. The van der Waals surface area contributed by atoms with Crippen LogP contribution in [0.15, 0.2) is 54.9 Å². The van der Waals surface area contributed by atoms with E-state index in [1.807, 2.05) is 31.2 Å². The molecule has 1 aromatic heterocycles. The lowest BCUT2D eigenvalue weighted by atomic mass is 10.1. The average Bonchev–Trinajstić information content (AvgIpc) is 2.74. The first-order chi connectivity index (χ1) is 14.5.